The third-order valence-corrected chi connectivity index (χ3v) is 7.41. The van der Waals surface area contributed by atoms with Crippen LogP contribution in [0.3, 0.4) is 0 Å². The molecule has 8 heteroatoms. The van der Waals surface area contributed by atoms with Crippen LogP contribution in [0.15, 0.2) is 11.6 Å². The number of hydrogen-bond acceptors (Lipinski definition) is 5. The van der Waals surface area contributed by atoms with Crippen molar-refractivity contribution in [3.8, 4) is 0 Å². The summed E-state index contributed by atoms with van der Waals surface area (Å²) in [5.41, 5.74) is 0. The molecule has 0 saturated carbocycles. The summed E-state index contributed by atoms with van der Waals surface area (Å²) >= 11 is 1.61. The predicted molar refractivity (Wildman–Crippen MR) is 89.4 cm³/mol. The second-order valence-electron chi connectivity index (χ2n) is 6.14. The molecule has 0 unspecified atom stereocenters. The molecule has 2 aliphatic heterocycles. The molecule has 0 N–H and O–H groups in total. The number of hydrogen-bond donors (Lipinski definition) is 0. The minimum atomic E-state index is -3.30. The van der Waals surface area contributed by atoms with Crippen LogP contribution >= 0.6 is 11.3 Å². The van der Waals surface area contributed by atoms with Gasteiger partial charge in [0.15, 0.2) is 5.13 Å². The number of rotatable bonds is 3. The maximum Gasteiger partial charge on any atom is 0.282 e. The van der Waals surface area contributed by atoms with Crippen LogP contribution in [-0.4, -0.2) is 61.3 Å². The first-order valence-corrected chi connectivity index (χ1v) is 10.2. The minimum absolute atomic E-state index is 0.550. The molecule has 0 radical (unpaired) electrons. The molecule has 1 aromatic rings. The van der Waals surface area contributed by atoms with Gasteiger partial charge in [-0.2, -0.15) is 17.0 Å². The third-order valence-electron chi connectivity index (χ3n) is 4.54. The zero-order chi connectivity index (χ0) is 15.6. The van der Waals surface area contributed by atoms with Gasteiger partial charge in [-0.05, 0) is 25.2 Å². The molecule has 0 aromatic carbocycles. The highest BCUT2D eigenvalue weighted by Crippen LogP contribution is 2.23. The van der Waals surface area contributed by atoms with Crippen molar-refractivity contribution in [3.05, 3.63) is 11.6 Å². The molecule has 124 valence electrons. The van der Waals surface area contributed by atoms with Gasteiger partial charge in [-0.3, -0.25) is 0 Å². The summed E-state index contributed by atoms with van der Waals surface area (Å²) in [5.74, 6) is 0.635. The van der Waals surface area contributed by atoms with E-state index in [0.29, 0.717) is 32.1 Å². The van der Waals surface area contributed by atoms with Crippen molar-refractivity contribution in [1.29, 1.82) is 0 Å². The highest BCUT2D eigenvalue weighted by Gasteiger charge is 2.33. The molecule has 3 heterocycles. The Bertz CT molecular complexity index is 568. The van der Waals surface area contributed by atoms with Crippen LogP contribution in [0.2, 0.25) is 0 Å². The molecule has 1 aromatic heterocycles. The van der Waals surface area contributed by atoms with E-state index in [1.807, 2.05) is 5.38 Å². The molecule has 3 rings (SSSR count). The first-order valence-electron chi connectivity index (χ1n) is 7.97. The predicted octanol–water partition coefficient (Wildman–Crippen LogP) is 1.63. The third kappa shape index (κ3) is 3.45. The second-order valence-corrected chi connectivity index (χ2v) is 8.95. The van der Waals surface area contributed by atoms with E-state index in [0.717, 1.165) is 37.5 Å². The number of piperidine rings is 1. The monoisotopic (exact) mass is 344 g/mol. The zero-order valence-corrected chi connectivity index (χ0v) is 14.7. The fourth-order valence-electron chi connectivity index (χ4n) is 3.07. The summed E-state index contributed by atoms with van der Waals surface area (Å²) in [6.07, 6.45) is 4.59. The minimum Gasteiger partial charge on any atom is -0.347 e. The lowest BCUT2D eigenvalue weighted by molar-refractivity contribution is 0.266. The summed E-state index contributed by atoms with van der Waals surface area (Å²) in [6.45, 7) is 6.27. The smallest absolute Gasteiger partial charge is 0.282 e. The Labute approximate surface area is 136 Å². The Morgan fingerprint density at radius 1 is 1.09 bits per heavy atom. The van der Waals surface area contributed by atoms with E-state index >= 15 is 0 Å². The Hall–Kier alpha value is -0.700. The molecule has 0 bridgehead atoms. The number of aromatic nitrogens is 1. The van der Waals surface area contributed by atoms with Gasteiger partial charge in [0.25, 0.3) is 10.2 Å². The Morgan fingerprint density at radius 2 is 1.82 bits per heavy atom. The molecule has 2 fully saturated rings. The lowest BCUT2D eigenvalue weighted by atomic mass is 10.0. The van der Waals surface area contributed by atoms with Gasteiger partial charge in [-0.15, -0.1) is 11.3 Å². The van der Waals surface area contributed by atoms with Crippen molar-refractivity contribution in [3.63, 3.8) is 0 Å². The number of nitrogens with zero attached hydrogens (tertiary/aromatic N) is 4. The van der Waals surface area contributed by atoms with Gasteiger partial charge >= 0.3 is 0 Å². The fraction of sp³-hybridized carbons (Fsp3) is 0.786. The van der Waals surface area contributed by atoms with Gasteiger partial charge in [0.1, 0.15) is 0 Å². The van der Waals surface area contributed by atoms with Crippen molar-refractivity contribution in [2.24, 2.45) is 5.92 Å². The molecule has 0 atom stereocenters. The van der Waals surface area contributed by atoms with E-state index < -0.39 is 10.2 Å². The van der Waals surface area contributed by atoms with Crippen molar-refractivity contribution in [1.82, 2.24) is 13.6 Å². The average Bonchev–Trinajstić information content (AvgIpc) is 2.92. The topological polar surface area (TPSA) is 56.8 Å². The molecule has 0 amide bonds. The van der Waals surface area contributed by atoms with Crippen LogP contribution in [0.4, 0.5) is 5.13 Å². The van der Waals surface area contributed by atoms with Gasteiger partial charge < -0.3 is 4.90 Å². The zero-order valence-electron chi connectivity index (χ0n) is 13.0. The first kappa shape index (κ1) is 16.2. The summed E-state index contributed by atoms with van der Waals surface area (Å²) in [5, 5.41) is 2.95. The normalized spacial score (nSPS) is 23.6. The van der Waals surface area contributed by atoms with E-state index in [1.165, 1.54) is 0 Å². The standard InChI is InChI=1S/C14H24N4O2S2/c1-13-3-8-18(9-4-13)22(19,20)17-7-2-6-16(10-11-17)14-15-5-12-21-14/h5,12-13H,2-4,6-11H2,1H3. The number of anilines is 1. The van der Waals surface area contributed by atoms with Crippen molar-refractivity contribution in [2.75, 3.05) is 44.2 Å². The van der Waals surface area contributed by atoms with Crippen LogP contribution in [0.1, 0.15) is 26.2 Å². The van der Waals surface area contributed by atoms with Gasteiger partial charge in [0, 0.05) is 50.8 Å². The summed E-state index contributed by atoms with van der Waals surface area (Å²) in [7, 11) is -3.30. The van der Waals surface area contributed by atoms with Crippen LogP contribution in [-0.2, 0) is 10.2 Å². The lowest BCUT2D eigenvalue weighted by Crippen LogP contribution is -2.48. The van der Waals surface area contributed by atoms with Crippen LogP contribution in [0, 0.1) is 5.92 Å². The largest absolute Gasteiger partial charge is 0.347 e. The summed E-state index contributed by atoms with van der Waals surface area (Å²) in [6, 6.07) is 0. The maximum atomic E-state index is 12.8. The highest BCUT2D eigenvalue weighted by atomic mass is 32.2. The van der Waals surface area contributed by atoms with Crippen LogP contribution in [0.5, 0.6) is 0 Å². The Morgan fingerprint density at radius 3 is 2.50 bits per heavy atom. The SMILES string of the molecule is CC1CCN(S(=O)(=O)N2CCCN(c3nccs3)CC2)CC1. The van der Waals surface area contributed by atoms with Crippen LogP contribution < -0.4 is 4.90 Å². The first-order chi connectivity index (χ1) is 10.6. The highest BCUT2D eigenvalue weighted by molar-refractivity contribution is 7.86. The molecular weight excluding hydrogens is 320 g/mol. The summed E-state index contributed by atoms with van der Waals surface area (Å²) < 4.78 is 29.0. The van der Waals surface area contributed by atoms with E-state index in [2.05, 4.69) is 16.8 Å². The molecule has 0 spiro atoms. The van der Waals surface area contributed by atoms with E-state index in [1.54, 1.807) is 26.1 Å². The average molecular weight is 345 g/mol. The molecule has 22 heavy (non-hydrogen) atoms. The van der Waals surface area contributed by atoms with Gasteiger partial charge in [0.2, 0.25) is 0 Å². The van der Waals surface area contributed by atoms with Gasteiger partial charge in [0.05, 0.1) is 0 Å². The molecule has 0 aliphatic carbocycles. The van der Waals surface area contributed by atoms with Crippen LogP contribution in [0.25, 0.3) is 0 Å². The Balaban J connectivity index is 1.65. The molecular formula is C14H24N4O2S2. The van der Waals surface area contributed by atoms with Crippen molar-refractivity contribution < 1.29 is 8.42 Å². The quantitative estimate of drug-likeness (QED) is 0.836. The fourth-order valence-corrected chi connectivity index (χ4v) is 5.43. The van der Waals surface area contributed by atoms with Gasteiger partial charge in [-0.1, -0.05) is 6.92 Å². The van der Waals surface area contributed by atoms with E-state index in [9.17, 15) is 8.42 Å². The Kier molecular flexibility index (Phi) is 5.01. The van der Waals surface area contributed by atoms with Crippen molar-refractivity contribution in [2.45, 2.75) is 26.2 Å². The number of thiazole rings is 1. The second kappa shape index (κ2) is 6.82. The van der Waals surface area contributed by atoms with Crippen molar-refractivity contribution >= 4 is 26.7 Å². The maximum absolute atomic E-state index is 12.8. The van der Waals surface area contributed by atoms with E-state index in [-0.39, 0.29) is 0 Å². The van der Waals surface area contributed by atoms with Gasteiger partial charge in [-0.25, -0.2) is 4.98 Å². The molecule has 2 aliphatic rings. The lowest BCUT2D eigenvalue weighted by Gasteiger charge is -2.33. The van der Waals surface area contributed by atoms with E-state index in [4.69, 9.17) is 0 Å². The molecule has 2 saturated heterocycles. The molecule has 6 nitrogen and oxygen atoms in total. The summed E-state index contributed by atoms with van der Waals surface area (Å²) in [4.78, 5) is 6.53.